The standard InChI is InChI=1S/C13H14BrF3N4/c1-2-21-12(10(14)7-19-21)11(20-18)8-4-3-5-9(6-8)13(15,16)17/h3-7,11,20H,2,18H2,1H3. The third-order valence-electron chi connectivity index (χ3n) is 3.12. The fourth-order valence-corrected chi connectivity index (χ4v) is 2.66. The molecule has 1 unspecified atom stereocenters. The van der Waals surface area contributed by atoms with Crippen LogP contribution < -0.4 is 11.3 Å². The van der Waals surface area contributed by atoms with Crippen LogP contribution in [0.5, 0.6) is 0 Å². The van der Waals surface area contributed by atoms with Crippen LogP contribution in [-0.2, 0) is 12.7 Å². The maximum absolute atomic E-state index is 12.8. The first kappa shape index (κ1) is 16.0. The van der Waals surface area contributed by atoms with Gasteiger partial charge in [0.2, 0.25) is 0 Å². The Hall–Kier alpha value is -1.38. The predicted octanol–water partition coefficient (Wildman–Crippen LogP) is 3.24. The Balaban J connectivity index is 2.49. The Kier molecular flexibility index (Phi) is 4.70. The number of halogens is 4. The number of benzene rings is 1. The van der Waals surface area contributed by atoms with E-state index in [1.165, 1.54) is 6.07 Å². The Morgan fingerprint density at radius 1 is 1.43 bits per heavy atom. The molecular formula is C13H14BrF3N4. The molecule has 0 fully saturated rings. The maximum atomic E-state index is 12.8. The summed E-state index contributed by atoms with van der Waals surface area (Å²) in [5.41, 5.74) is 2.95. The van der Waals surface area contributed by atoms with Crippen LogP contribution in [0.15, 0.2) is 34.9 Å². The van der Waals surface area contributed by atoms with E-state index in [4.69, 9.17) is 5.84 Å². The van der Waals surface area contributed by atoms with Gasteiger partial charge in [-0.1, -0.05) is 12.1 Å². The van der Waals surface area contributed by atoms with Gasteiger partial charge in [-0.3, -0.25) is 10.5 Å². The summed E-state index contributed by atoms with van der Waals surface area (Å²) in [7, 11) is 0. The van der Waals surface area contributed by atoms with Crippen LogP contribution in [-0.4, -0.2) is 9.78 Å². The molecule has 0 saturated heterocycles. The number of nitrogens with one attached hydrogen (secondary N) is 1. The third kappa shape index (κ3) is 3.28. The lowest BCUT2D eigenvalue weighted by Crippen LogP contribution is -2.31. The average Bonchev–Trinajstić information content (AvgIpc) is 2.81. The van der Waals surface area contributed by atoms with Gasteiger partial charge in [-0.05, 0) is 40.5 Å². The first-order chi connectivity index (χ1) is 9.88. The number of aryl methyl sites for hydroxylation is 1. The van der Waals surface area contributed by atoms with Crippen molar-refractivity contribution in [3.05, 3.63) is 51.8 Å². The number of alkyl halides is 3. The lowest BCUT2D eigenvalue weighted by atomic mass is 10.0. The van der Waals surface area contributed by atoms with Crippen LogP contribution in [0.1, 0.15) is 29.8 Å². The summed E-state index contributed by atoms with van der Waals surface area (Å²) in [6.07, 6.45) is -2.80. The quantitative estimate of drug-likeness (QED) is 0.648. The van der Waals surface area contributed by atoms with Crippen LogP contribution in [0.4, 0.5) is 13.2 Å². The minimum Gasteiger partial charge on any atom is -0.271 e. The molecule has 21 heavy (non-hydrogen) atoms. The second kappa shape index (κ2) is 6.17. The molecule has 0 saturated carbocycles. The molecule has 0 amide bonds. The van der Waals surface area contributed by atoms with Crippen molar-refractivity contribution in [1.29, 1.82) is 0 Å². The van der Waals surface area contributed by atoms with E-state index in [2.05, 4.69) is 26.5 Å². The highest BCUT2D eigenvalue weighted by Crippen LogP contribution is 2.33. The van der Waals surface area contributed by atoms with Gasteiger partial charge in [0, 0.05) is 6.54 Å². The lowest BCUT2D eigenvalue weighted by molar-refractivity contribution is -0.137. The van der Waals surface area contributed by atoms with E-state index in [9.17, 15) is 13.2 Å². The molecule has 0 aliphatic carbocycles. The van der Waals surface area contributed by atoms with E-state index in [1.54, 1.807) is 16.9 Å². The molecule has 1 aromatic heterocycles. The highest BCUT2D eigenvalue weighted by molar-refractivity contribution is 9.10. The highest BCUT2D eigenvalue weighted by Gasteiger charge is 2.31. The molecule has 2 rings (SSSR count). The number of hydrogen-bond acceptors (Lipinski definition) is 3. The van der Waals surface area contributed by atoms with Crippen molar-refractivity contribution in [2.45, 2.75) is 25.7 Å². The Bertz CT molecular complexity index is 624. The topological polar surface area (TPSA) is 55.9 Å². The zero-order chi connectivity index (χ0) is 15.6. The Morgan fingerprint density at radius 2 is 2.14 bits per heavy atom. The molecule has 3 N–H and O–H groups in total. The SMILES string of the molecule is CCn1ncc(Br)c1C(NN)c1cccc(C(F)(F)F)c1. The third-order valence-corrected chi connectivity index (χ3v) is 3.73. The summed E-state index contributed by atoms with van der Waals surface area (Å²) >= 11 is 3.35. The summed E-state index contributed by atoms with van der Waals surface area (Å²) in [4.78, 5) is 0. The van der Waals surface area contributed by atoms with E-state index in [0.29, 0.717) is 22.3 Å². The normalized spacial score (nSPS) is 13.4. The Morgan fingerprint density at radius 3 is 2.71 bits per heavy atom. The van der Waals surface area contributed by atoms with Crippen molar-refractivity contribution in [1.82, 2.24) is 15.2 Å². The van der Waals surface area contributed by atoms with E-state index >= 15 is 0 Å². The van der Waals surface area contributed by atoms with Crippen LogP contribution in [0.25, 0.3) is 0 Å². The van der Waals surface area contributed by atoms with E-state index < -0.39 is 17.8 Å². The first-order valence-corrected chi connectivity index (χ1v) is 7.02. The Labute approximate surface area is 128 Å². The molecule has 1 heterocycles. The van der Waals surface area contributed by atoms with Gasteiger partial charge < -0.3 is 0 Å². The first-order valence-electron chi connectivity index (χ1n) is 6.23. The van der Waals surface area contributed by atoms with Crippen molar-refractivity contribution in [2.75, 3.05) is 0 Å². The molecule has 0 bridgehead atoms. The number of hydrogen-bond donors (Lipinski definition) is 2. The molecule has 114 valence electrons. The van der Waals surface area contributed by atoms with Crippen molar-refractivity contribution in [2.24, 2.45) is 5.84 Å². The van der Waals surface area contributed by atoms with Gasteiger partial charge in [-0.15, -0.1) is 0 Å². The molecule has 1 aromatic carbocycles. The zero-order valence-corrected chi connectivity index (χ0v) is 12.7. The molecule has 0 radical (unpaired) electrons. The lowest BCUT2D eigenvalue weighted by Gasteiger charge is -2.19. The molecular weight excluding hydrogens is 349 g/mol. The fraction of sp³-hybridized carbons (Fsp3) is 0.308. The molecule has 0 aliphatic rings. The van der Waals surface area contributed by atoms with Crippen LogP contribution in [0.2, 0.25) is 0 Å². The van der Waals surface area contributed by atoms with Gasteiger partial charge in [0.1, 0.15) is 0 Å². The van der Waals surface area contributed by atoms with Crippen molar-refractivity contribution < 1.29 is 13.2 Å². The fourth-order valence-electron chi connectivity index (χ4n) is 2.14. The van der Waals surface area contributed by atoms with Gasteiger partial charge in [0.15, 0.2) is 0 Å². The second-order valence-electron chi connectivity index (χ2n) is 4.42. The number of nitrogens with zero attached hydrogens (tertiary/aromatic N) is 2. The van der Waals surface area contributed by atoms with Crippen molar-refractivity contribution in [3.8, 4) is 0 Å². The molecule has 0 spiro atoms. The minimum absolute atomic E-state index is 0.420. The summed E-state index contributed by atoms with van der Waals surface area (Å²) < 4.78 is 40.8. The minimum atomic E-state index is -4.39. The molecule has 1 atom stereocenters. The van der Waals surface area contributed by atoms with Gasteiger partial charge in [0.05, 0.1) is 28.0 Å². The number of aromatic nitrogens is 2. The number of rotatable bonds is 4. The maximum Gasteiger partial charge on any atom is 0.416 e. The monoisotopic (exact) mass is 362 g/mol. The zero-order valence-electron chi connectivity index (χ0n) is 11.2. The van der Waals surface area contributed by atoms with Crippen LogP contribution in [0.3, 0.4) is 0 Å². The molecule has 4 nitrogen and oxygen atoms in total. The second-order valence-corrected chi connectivity index (χ2v) is 5.27. The van der Waals surface area contributed by atoms with Gasteiger partial charge in [-0.25, -0.2) is 5.43 Å². The van der Waals surface area contributed by atoms with Crippen LogP contribution >= 0.6 is 15.9 Å². The van der Waals surface area contributed by atoms with Gasteiger partial charge >= 0.3 is 6.18 Å². The number of nitrogens with two attached hydrogens (primary N) is 1. The predicted molar refractivity (Wildman–Crippen MR) is 76.2 cm³/mol. The van der Waals surface area contributed by atoms with Crippen molar-refractivity contribution in [3.63, 3.8) is 0 Å². The molecule has 8 heteroatoms. The highest BCUT2D eigenvalue weighted by atomic mass is 79.9. The summed E-state index contributed by atoms with van der Waals surface area (Å²) in [6, 6.07) is 4.49. The molecule has 0 aliphatic heterocycles. The number of hydrazine groups is 1. The van der Waals surface area contributed by atoms with E-state index in [-0.39, 0.29) is 0 Å². The van der Waals surface area contributed by atoms with E-state index in [0.717, 1.165) is 12.1 Å². The summed E-state index contributed by atoms with van der Waals surface area (Å²) in [5, 5.41) is 4.15. The van der Waals surface area contributed by atoms with Gasteiger partial charge in [0.25, 0.3) is 0 Å². The van der Waals surface area contributed by atoms with E-state index in [1.807, 2.05) is 6.92 Å². The average molecular weight is 363 g/mol. The summed E-state index contributed by atoms with van der Waals surface area (Å²) in [5.74, 6) is 5.55. The van der Waals surface area contributed by atoms with Crippen molar-refractivity contribution >= 4 is 15.9 Å². The van der Waals surface area contributed by atoms with Gasteiger partial charge in [-0.2, -0.15) is 18.3 Å². The van der Waals surface area contributed by atoms with Crippen LogP contribution in [0, 0.1) is 0 Å². The molecule has 2 aromatic rings. The smallest absolute Gasteiger partial charge is 0.271 e. The largest absolute Gasteiger partial charge is 0.416 e. The summed E-state index contributed by atoms with van der Waals surface area (Å²) in [6.45, 7) is 2.47.